The van der Waals surface area contributed by atoms with Crippen molar-refractivity contribution in [3.63, 3.8) is 0 Å². The van der Waals surface area contributed by atoms with Gasteiger partial charge in [0.05, 0.1) is 0 Å². The minimum atomic E-state index is -0.164. The molecule has 0 fully saturated rings. The zero-order chi connectivity index (χ0) is 18.5. The highest BCUT2D eigenvalue weighted by Gasteiger charge is 2.08. The quantitative estimate of drug-likeness (QED) is 0.719. The standard InChI is InChI=1S/C20H19N3O3/c1-21-20(25)15-9-7-14(8-10-15)13-23(2)19(24)12-11-18-22-16-5-3-4-6-17(16)26-18/h3-12H,13H2,1-2H3,(H,21,25)/b12-11-. The first-order valence-corrected chi connectivity index (χ1v) is 8.16. The third-order valence-corrected chi connectivity index (χ3v) is 3.92. The summed E-state index contributed by atoms with van der Waals surface area (Å²) in [6, 6.07) is 14.6. The number of rotatable bonds is 5. The molecule has 0 aliphatic rings. The van der Waals surface area contributed by atoms with Gasteiger partial charge in [-0.1, -0.05) is 24.3 Å². The van der Waals surface area contributed by atoms with E-state index >= 15 is 0 Å². The molecule has 3 rings (SSSR count). The number of likely N-dealkylation sites (N-methyl/N-ethyl adjacent to an activating group) is 1. The maximum atomic E-state index is 12.3. The number of carbonyl (C=O) groups is 2. The fraction of sp³-hybridized carbons (Fsp3) is 0.150. The topological polar surface area (TPSA) is 75.4 Å². The molecule has 6 heteroatoms. The van der Waals surface area contributed by atoms with E-state index < -0.39 is 0 Å². The highest BCUT2D eigenvalue weighted by Crippen LogP contribution is 2.15. The van der Waals surface area contributed by atoms with Crippen LogP contribution in [0.15, 0.2) is 59.0 Å². The van der Waals surface area contributed by atoms with Gasteiger partial charge in [0.2, 0.25) is 11.8 Å². The van der Waals surface area contributed by atoms with Crippen molar-refractivity contribution in [3.05, 3.63) is 71.6 Å². The third kappa shape index (κ3) is 3.97. The first-order chi connectivity index (χ1) is 12.6. The van der Waals surface area contributed by atoms with Crippen LogP contribution in [-0.4, -0.2) is 35.8 Å². The van der Waals surface area contributed by atoms with Crippen LogP contribution in [0.3, 0.4) is 0 Å². The predicted molar refractivity (Wildman–Crippen MR) is 99.3 cm³/mol. The van der Waals surface area contributed by atoms with E-state index in [1.807, 2.05) is 36.4 Å². The molecule has 1 N–H and O–H groups in total. The maximum absolute atomic E-state index is 12.3. The van der Waals surface area contributed by atoms with Gasteiger partial charge in [-0.3, -0.25) is 9.59 Å². The number of amides is 2. The van der Waals surface area contributed by atoms with Crippen molar-refractivity contribution in [2.45, 2.75) is 6.54 Å². The van der Waals surface area contributed by atoms with Crippen molar-refractivity contribution < 1.29 is 14.0 Å². The highest BCUT2D eigenvalue weighted by molar-refractivity contribution is 5.94. The number of carbonyl (C=O) groups excluding carboxylic acids is 2. The summed E-state index contributed by atoms with van der Waals surface area (Å²) in [5, 5.41) is 2.57. The van der Waals surface area contributed by atoms with Crippen LogP contribution in [0.5, 0.6) is 0 Å². The molecule has 0 spiro atoms. The van der Waals surface area contributed by atoms with E-state index in [1.54, 1.807) is 37.2 Å². The molecule has 6 nitrogen and oxygen atoms in total. The lowest BCUT2D eigenvalue weighted by atomic mass is 10.1. The van der Waals surface area contributed by atoms with Gasteiger partial charge in [-0.2, -0.15) is 0 Å². The minimum absolute atomic E-state index is 0.137. The summed E-state index contributed by atoms with van der Waals surface area (Å²) in [6.45, 7) is 0.435. The highest BCUT2D eigenvalue weighted by atomic mass is 16.3. The molecule has 2 aromatic carbocycles. The SMILES string of the molecule is CNC(=O)c1ccc(CN(C)C(=O)/C=C\c2nc3ccccc3o2)cc1. The second-order valence-electron chi connectivity index (χ2n) is 5.82. The summed E-state index contributed by atoms with van der Waals surface area (Å²) in [7, 11) is 3.30. The Balaban J connectivity index is 1.63. The van der Waals surface area contributed by atoms with Crippen LogP contribution in [0.25, 0.3) is 17.2 Å². The van der Waals surface area contributed by atoms with Gasteiger partial charge < -0.3 is 14.6 Å². The minimum Gasteiger partial charge on any atom is -0.437 e. The number of hydrogen-bond donors (Lipinski definition) is 1. The van der Waals surface area contributed by atoms with Gasteiger partial charge in [-0.25, -0.2) is 4.98 Å². The second kappa shape index (κ2) is 7.65. The molecule has 0 atom stereocenters. The van der Waals surface area contributed by atoms with E-state index in [0.29, 0.717) is 23.6 Å². The van der Waals surface area contributed by atoms with Gasteiger partial charge in [0.1, 0.15) is 5.52 Å². The Morgan fingerprint density at radius 2 is 1.88 bits per heavy atom. The van der Waals surface area contributed by atoms with E-state index in [4.69, 9.17) is 4.42 Å². The smallest absolute Gasteiger partial charge is 0.251 e. The van der Waals surface area contributed by atoms with Crippen molar-refractivity contribution in [2.75, 3.05) is 14.1 Å². The molecule has 2 amide bonds. The number of nitrogens with one attached hydrogen (secondary N) is 1. The van der Waals surface area contributed by atoms with Gasteiger partial charge in [0, 0.05) is 38.4 Å². The number of hydrogen-bond acceptors (Lipinski definition) is 4. The summed E-state index contributed by atoms with van der Waals surface area (Å²) in [4.78, 5) is 29.7. The average molecular weight is 349 g/mol. The maximum Gasteiger partial charge on any atom is 0.251 e. The van der Waals surface area contributed by atoms with Gasteiger partial charge in [-0.15, -0.1) is 0 Å². The van der Waals surface area contributed by atoms with Crippen molar-refractivity contribution in [3.8, 4) is 0 Å². The van der Waals surface area contributed by atoms with Crippen LogP contribution in [-0.2, 0) is 11.3 Å². The molecular formula is C20H19N3O3. The molecule has 0 bridgehead atoms. The number of nitrogens with zero attached hydrogens (tertiary/aromatic N) is 2. The van der Waals surface area contributed by atoms with Crippen LogP contribution >= 0.6 is 0 Å². The largest absolute Gasteiger partial charge is 0.437 e. The molecule has 3 aromatic rings. The zero-order valence-corrected chi connectivity index (χ0v) is 14.6. The number of fused-ring (bicyclic) bond motifs is 1. The molecule has 0 radical (unpaired) electrons. The van der Waals surface area contributed by atoms with Gasteiger partial charge in [0.15, 0.2) is 5.58 Å². The van der Waals surface area contributed by atoms with Crippen molar-refractivity contribution in [1.29, 1.82) is 0 Å². The fourth-order valence-electron chi connectivity index (χ4n) is 2.49. The molecule has 1 aromatic heterocycles. The molecule has 0 aliphatic heterocycles. The Kier molecular flexibility index (Phi) is 5.12. The van der Waals surface area contributed by atoms with Crippen LogP contribution in [0, 0.1) is 0 Å². The molecule has 0 saturated heterocycles. The Hall–Kier alpha value is -3.41. The van der Waals surface area contributed by atoms with Crippen molar-refractivity contribution in [1.82, 2.24) is 15.2 Å². The lowest BCUT2D eigenvalue weighted by molar-refractivity contribution is -0.125. The monoisotopic (exact) mass is 349 g/mol. The third-order valence-electron chi connectivity index (χ3n) is 3.92. The molecular weight excluding hydrogens is 330 g/mol. The number of para-hydroxylation sites is 2. The first kappa shape index (κ1) is 17.4. The summed E-state index contributed by atoms with van der Waals surface area (Å²) in [5.74, 6) is 0.0905. The van der Waals surface area contributed by atoms with Crippen LogP contribution in [0.1, 0.15) is 21.8 Å². The molecule has 0 saturated carbocycles. The fourth-order valence-corrected chi connectivity index (χ4v) is 2.49. The van der Waals surface area contributed by atoms with E-state index in [1.165, 1.54) is 6.08 Å². The Labute approximate surface area is 151 Å². The Morgan fingerprint density at radius 1 is 1.15 bits per heavy atom. The number of aromatic nitrogens is 1. The predicted octanol–water partition coefficient (Wildman–Crippen LogP) is 2.86. The van der Waals surface area contributed by atoms with Crippen LogP contribution < -0.4 is 5.32 Å². The molecule has 0 aliphatic carbocycles. The van der Waals surface area contributed by atoms with Gasteiger partial charge in [-0.05, 0) is 29.8 Å². The first-order valence-electron chi connectivity index (χ1n) is 8.16. The molecule has 0 unspecified atom stereocenters. The van der Waals surface area contributed by atoms with E-state index in [9.17, 15) is 9.59 Å². The molecule has 1 heterocycles. The summed E-state index contributed by atoms with van der Waals surface area (Å²) >= 11 is 0. The number of oxazole rings is 1. The van der Waals surface area contributed by atoms with E-state index in [-0.39, 0.29) is 11.8 Å². The van der Waals surface area contributed by atoms with Gasteiger partial charge >= 0.3 is 0 Å². The zero-order valence-electron chi connectivity index (χ0n) is 14.6. The summed E-state index contributed by atoms with van der Waals surface area (Å²) in [5.41, 5.74) is 2.96. The second-order valence-corrected chi connectivity index (χ2v) is 5.82. The normalized spacial score (nSPS) is 11.0. The lowest BCUT2D eigenvalue weighted by Gasteiger charge is -2.15. The van der Waals surface area contributed by atoms with E-state index in [2.05, 4.69) is 10.3 Å². The van der Waals surface area contributed by atoms with Crippen molar-refractivity contribution in [2.24, 2.45) is 0 Å². The van der Waals surface area contributed by atoms with Crippen LogP contribution in [0.2, 0.25) is 0 Å². The van der Waals surface area contributed by atoms with Crippen LogP contribution in [0.4, 0.5) is 0 Å². The Morgan fingerprint density at radius 3 is 2.58 bits per heavy atom. The number of benzene rings is 2. The molecule has 132 valence electrons. The summed E-state index contributed by atoms with van der Waals surface area (Å²) < 4.78 is 5.56. The lowest BCUT2D eigenvalue weighted by Crippen LogP contribution is -2.24. The van der Waals surface area contributed by atoms with E-state index in [0.717, 1.165) is 11.1 Å². The van der Waals surface area contributed by atoms with Crippen molar-refractivity contribution >= 4 is 29.0 Å². The average Bonchev–Trinajstić information content (AvgIpc) is 3.09. The molecule has 26 heavy (non-hydrogen) atoms. The summed E-state index contributed by atoms with van der Waals surface area (Å²) in [6.07, 6.45) is 3.00. The Bertz CT molecular complexity index is 925. The van der Waals surface area contributed by atoms with Gasteiger partial charge in [0.25, 0.3) is 5.91 Å².